The van der Waals surface area contributed by atoms with Crippen LogP contribution < -0.4 is 10.1 Å². The molecule has 0 aliphatic carbocycles. The van der Waals surface area contributed by atoms with Crippen molar-refractivity contribution in [1.82, 2.24) is 15.1 Å². The second-order valence-corrected chi connectivity index (χ2v) is 4.52. The van der Waals surface area contributed by atoms with E-state index in [1.807, 2.05) is 24.9 Å². The fraction of sp³-hybridized carbons (Fsp3) is 0.727. The standard InChI is InChI=1S/C11H19N3O/c1-9-10(8-13-14(9)3)15-11(2)4-6-12-7-5-11/h8,12H,4-7H2,1-3H3. The van der Waals surface area contributed by atoms with E-state index in [9.17, 15) is 0 Å². The highest BCUT2D eigenvalue weighted by molar-refractivity contribution is 5.24. The minimum Gasteiger partial charge on any atom is -0.484 e. The lowest BCUT2D eigenvalue weighted by atomic mass is 9.94. The molecule has 0 spiro atoms. The zero-order valence-corrected chi connectivity index (χ0v) is 9.71. The first-order valence-electron chi connectivity index (χ1n) is 5.49. The molecule has 1 fully saturated rings. The van der Waals surface area contributed by atoms with Crippen molar-refractivity contribution < 1.29 is 4.74 Å². The number of aromatic nitrogens is 2. The first-order chi connectivity index (χ1) is 7.11. The van der Waals surface area contributed by atoms with Crippen molar-refractivity contribution >= 4 is 0 Å². The molecule has 0 radical (unpaired) electrons. The van der Waals surface area contributed by atoms with Gasteiger partial charge in [-0.15, -0.1) is 0 Å². The summed E-state index contributed by atoms with van der Waals surface area (Å²) in [5.41, 5.74) is 1.06. The zero-order chi connectivity index (χ0) is 10.9. The van der Waals surface area contributed by atoms with Crippen LogP contribution in [-0.2, 0) is 7.05 Å². The van der Waals surface area contributed by atoms with Crippen molar-refractivity contribution in [2.24, 2.45) is 7.05 Å². The quantitative estimate of drug-likeness (QED) is 0.796. The van der Waals surface area contributed by atoms with E-state index < -0.39 is 0 Å². The average molecular weight is 209 g/mol. The predicted octanol–water partition coefficient (Wildman–Crippen LogP) is 1.25. The molecule has 1 aromatic heterocycles. The largest absolute Gasteiger partial charge is 0.484 e. The fourth-order valence-corrected chi connectivity index (χ4v) is 1.90. The Kier molecular flexibility index (Phi) is 2.69. The third-order valence-electron chi connectivity index (χ3n) is 3.21. The van der Waals surface area contributed by atoms with Crippen LogP contribution in [0.15, 0.2) is 6.20 Å². The van der Waals surface area contributed by atoms with Crippen molar-refractivity contribution in [2.75, 3.05) is 13.1 Å². The van der Waals surface area contributed by atoms with Gasteiger partial charge in [0.05, 0.1) is 11.9 Å². The number of piperidine rings is 1. The first-order valence-corrected chi connectivity index (χ1v) is 5.49. The molecule has 2 rings (SSSR count). The predicted molar refractivity (Wildman–Crippen MR) is 59.1 cm³/mol. The third kappa shape index (κ3) is 2.15. The van der Waals surface area contributed by atoms with Gasteiger partial charge >= 0.3 is 0 Å². The molecular weight excluding hydrogens is 190 g/mol. The number of rotatable bonds is 2. The lowest BCUT2D eigenvalue weighted by molar-refractivity contribution is 0.0547. The molecule has 0 saturated carbocycles. The SMILES string of the molecule is Cc1c(OC2(C)CCNCC2)cnn1C. The van der Waals surface area contributed by atoms with Crippen LogP contribution in [0.25, 0.3) is 0 Å². The van der Waals surface area contributed by atoms with Gasteiger partial charge in [-0.25, -0.2) is 0 Å². The molecule has 2 heterocycles. The number of ether oxygens (including phenoxy) is 1. The van der Waals surface area contributed by atoms with Gasteiger partial charge in [-0.2, -0.15) is 5.10 Å². The highest BCUT2D eigenvalue weighted by Crippen LogP contribution is 2.27. The molecule has 15 heavy (non-hydrogen) atoms. The highest BCUT2D eigenvalue weighted by Gasteiger charge is 2.29. The summed E-state index contributed by atoms with van der Waals surface area (Å²) in [4.78, 5) is 0. The summed E-state index contributed by atoms with van der Waals surface area (Å²) in [7, 11) is 1.94. The molecule has 0 unspecified atom stereocenters. The number of hydrogen-bond acceptors (Lipinski definition) is 3. The van der Waals surface area contributed by atoms with Crippen LogP contribution in [0.5, 0.6) is 5.75 Å². The summed E-state index contributed by atoms with van der Waals surface area (Å²) >= 11 is 0. The molecule has 4 heteroatoms. The molecule has 0 aromatic carbocycles. The van der Waals surface area contributed by atoms with Crippen LogP contribution >= 0.6 is 0 Å². The maximum absolute atomic E-state index is 6.07. The van der Waals surface area contributed by atoms with E-state index in [2.05, 4.69) is 17.3 Å². The zero-order valence-electron chi connectivity index (χ0n) is 9.71. The molecule has 1 aliphatic rings. The van der Waals surface area contributed by atoms with E-state index in [1.54, 1.807) is 0 Å². The van der Waals surface area contributed by atoms with Gasteiger partial charge in [0.25, 0.3) is 0 Å². The molecule has 4 nitrogen and oxygen atoms in total. The van der Waals surface area contributed by atoms with E-state index in [0.717, 1.165) is 37.4 Å². The fourth-order valence-electron chi connectivity index (χ4n) is 1.90. The van der Waals surface area contributed by atoms with Crippen LogP contribution in [0.2, 0.25) is 0 Å². The van der Waals surface area contributed by atoms with Crippen molar-refractivity contribution in [3.05, 3.63) is 11.9 Å². The molecule has 0 bridgehead atoms. The van der Waals surface area contributed by atoms with Crippen LogP contribution in [0.3, 0.4) is 0 Å². The summed E-state index contributed by atoms with van der Waals surface area (Å²) in [5, 5.41) is 7.53. The second kappa shape index (κ2) is 3.85. The van der Waals surface area contributed by atoms with E-state index >= 15 is 0 Å². The van der Waals surface area contributed by atoms with Gasteiger partial charge in [-0.1, -0.05) is 0 Å². The first kappa shape index (κ1) is 10.5. The van der Waals surface area contributed by atoms with Gasteiger partial charge in [0.15, 0.2) is 5.75 Å². The Balaban J connectivity index is 2.10. The van der Waals surface area contributed by atoms with Gasteiger partial charge in [-0.05, 0) is 39.8 Å². The van der Waals surface area contributed by atoms with E-state index in [0.29, 0.717) is 0 Å². The molecule has 84 valence electrons. The summed E-state index contributed by atoms with van der Waals surface area (Å²) in [5.74, 6) is 0.918. The van der Waals surface area contributed by atoms with Crippen LogP contribution in [-0.4, -0.2) is 28.5 Å². The van der Waals surface area contributed by atoms with E-state index in [4.69, 9.17) is 4.74 Å². The Morgan fingerprint density at radius 3 is 2.67 bits per heavy atom. The molecule has 1 aromatic rings. The van der Waals surface area contributed by atoms with Gasteiger partial charge in [0.1, 0.15) is 5.60 Å². The third-order valence-corrected chi connectivity index (χ3v) is 3.21. The van der Waals surface area contributed by atoms with Crippen LogP contribution in [0.4, 0.5) is 0 Å². The summed E-state index contributed by atoms with van der Waals surface area (Å²) in [6.07, 6.45) is 3.92. The smallest absolute Gasteiger partial charge is 0.160 e. The Morgan fingerprint density at radius 1 is 1.47 bits per heavy atom. The number of nitrogens with one attached hydrogen (secondary N) is 1. The Bertz CT molecular complexity index is 340. The van der Waals surface area contributed by atoms with Crippen molar-refractivity contribution in [1.29, 1.82) is 0 Å². The Morgan fingerprint density at radius 2 is 2.13 bits per heavy atom. The average Bonchev–Trinajstić information content (AvgIpc) is 2.50. The monoisotopic (exact) mass is 209 g/mol. The van der Waals surface area contributed by atoms with Gasteiger partial charge < -0.3 is 10.1 Å². The Hall–Kier alpha value is -1.03. The van der Waals surface area contributed by atoms with Crippen molar-refractivity contribution in [2.45, 2.75) is 32.3 Å². The van der Waals surface area contributed by atoms with Gasteiger partial charge in [0.2, 0.25) is 0 Å². The van der Waals surface area contributed by atoms with E-state index in [1.165, 1.54) is 0 Å². The van der Waals surface area contributed by atoms with Crippen LogP contribution in [0.1, 0.15) is 25.5 Å². The van der Waals surface area contributed by atoms with Gasteiger partial charge in [0, 0.05) is 7.05 Å². The maximum Gasteiger partial charge on any atom is 0.160 e. The van der Waals surface area contributed by atoms with Crippen molar-refractivity contribution in [3.63, 3.8) is 0 Å². The maximum atomic E-state index is 6.07. The molecular formula is C11H19N3O. The number of aryl methyl sites for hydroxylation is 1. The molecule has 1 N–H and O–H groups in total. The number of hydrogen-bond donors (Lipinski definition) is 1. The van der Waals surface area contributed by atoms with E-state index in [-0.39, 0.29) is 5.60 Å². The molecule has 0 amide bonds. The lowest BCUT2D eigenvalue weighted by Gasteiger charge is -2.34. The topological polar surface area (TPSA) is 39.1 Å². The van der Waals surface area contributed by atoms with Crippen molar-refractivity contribution in [3.8, 4) is 5.75 Å². The minimum atomic E-state index is -0.0287. The summed E-state index contributed by atoms with van der Waals surface area (Å²) in [6, 6.07) is 0. The normalized spacial score (nSPS) is 20.2. The van der Waals surface area contributed by atoms with Crippen LogP contribution in [0, 0.1) is 6.92 Å². The Labute approximate surface area is 90.6 Å². The highest BCUT2D eigenvalue weighted by atomic mass is 16.5. The molecule has 1 aliphatic heterocycles. The summed E-state index contributed by atoms with van der Waals surface area (Å²) in [6.45, 7) is 6.29. The second-order valence-electron chi connectivity index (χ2n) is 4.52. The number of nitrogens with zero attached hydrogens (tertiary/aromatic N) is 2. The summed E-state index contributed by atoms with van der Waals surface area (Å²) < 4.78 is 7.92. The molecule has 1 saturated heterocycles. The minimum absolute atomic E-state index is 0.0287. The molecule has 0 atom stereocenters. The van der Waals surface area contributed by atoms with Gasteiger partial charge in [-0.3, -0.25) is 4.68 Å². The lowest BCUT2D eigenvalue weighted by Crippen LogP contribution is -2.43.